The van der Waals surface area contributed by atoms with Gasteiger partial charge in [0, 0.05) is 31.7 Å². The van der Waals surface area contributed by atoms with E-state index in [-0.39, 0.29) is 11.8 Å². The van der Waals surface area contributed by atoms with Crippen molar-refractivity contribution in [1.29, 1.82) is 0 Å². The quantitative estimate of drug-likeness (QED) is 0.542. The topological polar surface area (TPSA) is 67.4 Å². The van der Waals surface area contributed by atoms with E-state index >= 15 is 0 Å². The van der Waals surface area contributed by atoms with Crippen LogP contribution in [0.1, 0.15) is 32.3 Å². The first-order valence-corrected chi connectivity index (χ1v) is 7.55. The lowest BCUT2D eigenvalue weighted by Crippen LogP contribution is -2.27. The number of nitrogens with one attached hydrogen (secondary N) is 2. The Balaban J connectivity index is 2.40. The van der Waals surface area contributed by atoms with Gasteiger partial charge >= 0.3 is 0 Å². The van der Waals surface area contributed by atoms with E-state index in [0.717, 1.165) is 17.7 Å². The summed E-state index contributed by atoms with van der Waals surface area (Å²) in [5.41, 5.74) is 0.879. The van der Waals surface area contributed by atoms with Crippen molar-refractivity contribution in [3.8, 4) is 5.75 Å². The summed E-state index contributed by atoms with van der Waals surface area (Å²) in [5, 5.41) is 5.45. The van der Waals surface area contributed by atoms with Gasteiger partial charge in [-0.1, -0.05) is 25.1 Å². The second-order valence-electron chi connectivity index (χ2n) is 4.85. The minimum absolute atomic E-state index is 0.0603. The van der Waals surface area contributed by atoms with E-state index in [9.17, 15) is 9.59 Å². The average Bonchev–Trinajstić information content (AvgIpc) is 2.51. The highest BCUT2D eigenvalue weighted by atomic mass is 16.5. The van der Waals surface area contributed by atoms with Crippen LogP contribution in [0.3, 0.4) is 0 Å². The van der Waals surface area contributed by atoms with E-state index in [2.05, 4.69) is 10.6 Å². The molecule has 0 aliphatic carbocycles. The lowest BCUT2D eigenvalue weighted by atomic mass is 10.2. The number of ether oxygens (including phenoxy) is 1. The van der Waals surface area contributed by atoms with E-state index in [4.69, 9.17) is 4.74 Å². The number of carbonyl (C=O) groups excluding carboxylic acids is 2. The summed E-state index contributed by atoms with van der Waals surface area (Å²) in [6, 6.07) is 7.61. The Morgan fingerprint density at radius 3 is 2.64 bits per heavy atom. The van der Waals surface area contributed by atoms with Gasteiger partial charge in [-0.3, -0.25) is 9.59 Å². The molecule has 0 aliphatic rings. The van der Waals surface area contributed by atoms with Crippen LogP contribution in [0.15, 0.2) is 30.3 Å². The Kier molecular flexibility index (Phi) is 8.42. The van der Waals surface area contributed by atoms with E-state index in [0.29, 0.717) is 26.1 Å². The monoisotopic (exact) mass is 304 g/mol. The third-order valence-electron chi connectivity index (χ3n) is 2.82. The van der Waals surface area contributed by atoms with Gasteiger partial charge in [0.15, 0.2) is 0 Å². The summed E-state index contributed by atoms with van der Waals surface area (Å²) in [6.07, 6.45) is 4.88. The molecule has 120 valence electrons. The van der Waals surface area contributed by atoms with Crippen LogP contribution in [0.25, 0.3) is 6.08 Å². The van der Waals surface area contributed by atoms with Crippen molar-refractivity contribution in [2.45, 2.75) is 26.7 Å². The van der Waals surface area contributed by atoms with Crippen molar-refractivity contribution in [3.05, 3.63) is 35.9 Å². The second-order valence-corrected chi connectivity index (χ2v) is 4.85. The zero-order valence-electron chi connectivity index (χ0n) is 13.2. The van der Waals surface area contributed by atoms with Gasteiger partial charge in [-0.15, -0.1) is 0 Å². The summed E-state index contributed by atoms with van der Waals surface area (Å²) < 4.78 is 5.63. The lowest BCUT2D eigenvalue weighted by molar-refractivity contribution is -0.119. The Morgan fingerprint density at radius 1 is 1.18 bits per heavy atom. The largest absolute Gasteiger partial charge is 0.493 e. The molecule has 2 amide bonds. The fourth-order valence-electron chi connectivity index (χ4n) is 1.75. The van der Waals surface area contributed by atoms with Crippen LogP contribution in [0.2, 0.25) is 0 Å². The van der Waals surface area contributed by atoms with Gasteiger partial charge in [0.1, 0.15) is 5.75 Å². The number of amides is 2. The van der Waals surface area contributed by atoms with Gasteiger partial charge in [0.25, 0.3) is 0 Å². The van der Waals surface area contributed by atoms with Crippen molar-refractivity contribution in [2.75, 3.05) is 19.7 Å². The first-order chi connectivity index (χ1) is 10.6. The number of benzene rings is 1. The average molecular weight is 304 g/mol. The van der Waals surface area contributed by atoms with Crippen molar-refractivity contribution in [1.82, 2.24) is 10.6 Å². The molecule has 0 spiro atoms. The van der Waals surface area contributed by atoms with Crippen molar-refractivity contribution < 1.29 is 14.3 Å². The standard InChI is InChI=1S/C17H24N2O3/c1-3-13-22-16-8-5-4-7-15(16)9-10-17(21)19-12-6-11-18-14(2)20/h4-5,7-10H,3,6,11-13H2,1-2H3,(H,18,20)(H,19,21)/b10-9+. The maximum absolute atomic E-state index is 11.7. The van der Waals surface area contributed by atoms with Gasteiger partial charge < -0.3 is 15.4 Å². The minimum Gasteiger partial charge on any atom is -0.493 e. The molecule has 0 unspecified atom stereocenters. The summed E-state index contributed by atoms with van der Waals surface area (Å²) in [5.74, 6) is 0.557. The maximum atomic E-state index is 11.7. The van der Waals surface area contributed by atoms with Gasteiger partial charge in [-0.25, -0.2) is 0 Å². The Morgan fingerprint density at radius 2 is 1.91 bits per heavy atom. The SMILES string of the molecule is CCCOc1ccccc1/C=C/C(=O)NCCCNC(C)=O. The molecule has 0 fully saturated rings. The molecule has 1 rings (SSSR count). The van der Waals surface area contributed by atoms with Crippen molar-refractivity contribution >= 4 is 17.9 Å². The van der Waals surface area contributed by atoms with Crippen molar-refractivity contribution in [2.24, 2.45) is 0 Å². The summed E-state index contributed by atoms with van der Waals surface area (Å²) >= 11 is 0. The second kappa shape index (κ2) is 10.4. The Hall–Kier alpha value is -2.30. The molecule has 22 heavy (non-hydrogen) atoms. The molecule has 0 radical (unpaired) electrons. The zero-order valence-corrected chi connectivity index (χ0v) is 13.2. The number of hydrogen-bond acceptors (Lipinski definition) is 3. The molecule has 2 N–H and O–H groups in total. The van der Waals surface area contributed by atoms with Gasteiger partial charge in [0.2, 0.25) is 11.8 Å². The molecule has 0 aromatic heterocycles. The number of para-hydroxylation sites is 1. The minimum atomic E-state index is -0.159. The molecule has 0 saturated carbocycles. The van der Waals surface area contributed by atoms with Gasteiger partial charge in [-0.2, -0.15) is 0 Å². The molecular weight excluding hydrogens is 280 g/mol. The highest BCUT2D eigenvalue weighted by Crippen LogP contribution is 2.19. The van der Waals surface area contributed by atoms with Crippen molar-refractivity contribution in [3.63, 3.8) is 0 Å². The maximum Gasteiger partial charge on any atom is 0.244 e. The summed E-state index contributed by atoms with van der Waals surface area (Å²) in [6.45, 7) is 5.26. The highest BCUT2D eigenvalue weighted by molar-refractivity contribution is 5.92. The molecule has 0 saturated heterocycles. The molecule has 5 nitrogen and oxygen atoms in total. The normalized spacial score (nSPS) is 10.5. The smallest absolute Gasteiger partial charge is 0.244 e. The third-order valence-corrected chi connectivity index (χ3v) is 2.82. The number of hydrogen-bond donors (Lipinski definition) is 2. The van der Waals surface area contributed by atoms with Gasteiger partial charge in [0.05, 0.1) is 6.61 Å². The first-order valence-electron chi connectivity index (χ1n) is 7.55. The fourth-order valence-corrected chi connectivity index (χ4v) is 1.75. The van der Waals surface area contributed by atoms with E-state index < -0.39 is 0 Å². The molecule has 5 heteroatoms. The molecule has 1 aromatic carbocycles. The van der Waals surface area contributed by atoms with Crippen LogP contribution in [0.5, 0.6) is 5.75 Å². The first kappa shape index (κ1) is 17.8. The molecule has 0 heterocycles. The van der Waals surface area contributed by atoms with Crippen LogP contribution in [-0.4, -0.2) is 31.5 Å². The van der Waals surface area contributed by atoms with Crippen LogP contribution in [0, 0.1) is 0 Å². The highest BCUT2D eigenvalue weighted by Gasteiger charge is 2.00. The molecule has 0 aliphatic heterocycles. The van der Waals surface area contributed by atoms with Crippen LogP contribution < -0.4 is 15.4 Å². The number of carbonyl (C=O) groups is 2. The van der Waals surface area contributed by atoms with Crippen LogP contribution in [0.4, 0.5) is 0 Å². The molecule has 1 aromatic rings. The Labute approximate surface area is 131 Å². The third kappa shape index (κ3) is 7.47. The Bertz CT molecular complexity index is 512. The summed E-state index contributed by atoms with van der Waals surface area (Å²) in [4.78, 5) is 22.4. The van der Waals surface area contributed by atoms with Gasteiger partial charge in [-0.05, 0) is 25.0 Å². The molecule has 0 atom stereocenters. The summed E-state index contributed by atoms with van der Waals surface area (Å²) in [7, 11) is 0. The number of rotatable bonds is 9. The van der Waals surface area contributed by atoms with Crippen LogP contribution in [-0.2, 0) is 9.59 Å². The van der Waals surface area contributed by atoms with E-state index in [1.807, 2.05) is 31.2 Å². The predicted octanol–water partition coefficient (Wildman–Crippen LogP) is 2.13. The zero-order chi connectivity index (χ0) is 16.2. The van der Waals surface area contributed by atoms with E-state index in [1.165, 1.54) is 13.0 Å². The van der Waals surface area contributed by atoms with Crippen LogP contribution >= 0.6 is 0 Å². The van der Waals surface area contributed by atoms with E-state index in [1.54, 1.807) is 6.08 Å². The lowest BCUT2D eigenvalue weighted by Gasteiger charge is -2.07. The predicted molar refractivity (Wildman–Crippen MR) is 87.6 cm³/mol. The molecule has 0 bridgehead atoms. The molecular formula is C17H24N2O3. The fraction of sp³-hybridized carbons (Fsp3) is 0.412.